The minimum atomic E-state index is -0.256. The highest BCUT2D eigenvalue weighted by molar-refractivity contribution is 6.33. The SMILES string of the molecule is CCN(c1ccc(F)cc1)c1ncc(CNC)cc1Cl. The van der Waals surface area contributed by atoms with Crippen LogP contribution in [-0.4, -0.2) is 18.6 Å². The van der Waals surface area contributed by atoms with Gasteiger partial charge in [0.05, 0.1) is 5.02 Å². The van der Waals surface area contributed by atoms with Crippen molar-refractivity contribution in [1.29, 1.82) is 0 Å². The lowest BCUT2D eigenvalue weighted by atomic mass is 10.2. The highest BCUT2D eigenvalue weighted by atomic mass is 35.5. The van der Waals surface area contributed by atoms with Crippen molar-refractivity contribution in [3.8, 4) is 0 Å². The Labute approximate surface area is 123 Å². The third-order valence-electron chi connectivity index (χ3n) is 2.97. The first-order valence-electron chi connectivity index (χ1n) is 6.47. The summed E-state index contributed by atoms with van der Waals surface area (Å²) in [5, 5.41) is 3.64. The number of halogens is 2. The third kappa shape index (κ3) is 3.26. The van der Waals surface area contributed by atoms with Crippen LogP contribution >= 0.6 is 11.6 Å². The highest BCUT2D eigenvalue weighted by Crippen LogP contribution is 2.30. The molecule has 1 aromatic heterocycles. The lowest BCUT2D eigenvalue weighted by Gasteiger charge is -2.23. The van der Waals surface area contributed by atoms with Gasteiger partial charge in [-0.3, -0.25) is 0 Å². The zero-order chi connectivity index (χ0) is 14.5. The van der Waals surface area contributed by atoms with Gasteiger partial charge in [0.25, 0.3) is 0 Å². The topological polar surface area (TPSA) is 28.2 Å². The summed E-state index contributed by atoms with van der Waals surface area (Å²) in [7, 11) is 1.87. The molecule has 0 aliphatic rings. The van der Waals surface area contributed by atoms with Crippen LogP contribution < -0.4 is 10.2 Å². The molecule has 0 unspecified atom stereocenters. The molecule has 0 bridgehead atoms. The van der Waals surface area contributed by atoms with Gasteiger partial charge in [0.2, 0.25) is 0 Å². The Bertz CT molecular complexity index is 572. The number of anilines is 2. The number of rotatable bonds is 5. The molecule has 2 aromatic rings. The molecular formula is C15H17ClFN3. The Morgan fingerprint density at radius 1 is 1.30 bits per heavy atom. The number of benzene rings is 1. The van der Waals surface area contributed by atoms with Gasteiger partial charge in [-0.2, -0.15) is 0 Å². The van der Waals surface area contributed by atoms with E-state index in [4.69, 9.17) is 11.6 Å². The third-order valence-corrected chi connectivity index (χ3v) is 3.25. The Hall–Kier alpha value is -1.65. The van der Waals surface area contributed by atoms with Crippen molar-refractivity contribution in [2.45, 2.75) is 13.5 Å². The van der Waals surface area contributed by atoms with E-state index in [1.54, 1.807) is 18.3 Å². The molecule has 0 amide bonds. The van der Waals surface area contributed by atoms with Crippen molar-refractivity contribution in [2.75, 3.05) is 18.5 Å². The maximum absolute atomic E-state index is 13.0. The van der Waals surface area contributed by atoms with Gasteiger partial charge in [0, 0.05) is 25.0 Å². The van der Waals surface area contributed by atoms with Crippen LogP contribution in [0.5, 0.6) is 0 Å². The summed E-state index contributed by atoms with van der Waals surface area (Å²) in [5.74, 6) is 0.425. The van der Waals surface area contributed by atoms with Crippen LogP contribution in [0.3, 0.4) is 0 Å². The first-order valence-corrected chi connectivity index (χ1v) is 6.85. The van der Waals surface area contributed by atoms with Crippen LogP contribution in [-0.2, 0) is 6.54 Å². The largest absolute Gasteiger partial charge is 0.325 e. The minimum Gasteiger partial charge on any atom is -0.325 e. The average molecular weight is 294 g/mol. The summed E-state index contributed by atoms with van der Waals surface area (Å²) in [5.41, 5.74) is 1.89. The summed E-state index contributed by atoms with van der Waals surface area (Å²) < 4.78 is 13.0. The number of nitrogens with one attached hydrogen (secondary N) is 1. The molecule has 0 fully saturated rings. The van der Waals surface area contributed by atoms with Crippen LogP contribution in [0.4, 0.5) is 15.9 Å². The summed E-state index contributed by atoms with van der Waals surface area (Å²) in [6.45, 7) is 3.42. The first kappa shape index (κ1) is 14.8. The Morgan fingerprint density at radius 2 is 2.00 bits per heavy atom. The van der Waals surface area contributed by atoms with Gasteiger partial charge in [-0.05, 0) is 49.9 Å². The standard InChI is InChI=1S/C15H17ClFN3/c1-3-20(13-6-4-12(17)5-7-13)15-14(16)8-11(9-18-2)10-19-15/h4-8,10,18H,3,9H2,1-2H3. The second kappa shape index (κ2) is 6.68. The minimum absolute atomic E-state index is 0.256. The van der Waals surface area contributed by atoms with Crippen molar-refractivity contribution in [1.82, 2.24) is 10.3 Å². The average Bonchev–Trinajstić information content (AvgIpc) is 2.44. The summed E-state index contributed by atoms with van der Waals surface area (Å²) in [4.78, 5) is 6.38. The molecule has 0 saturated carbocycles. The molecular weight excluding hydrogens is 277 g/mol. The molecule has 1 N–H and O–H groups in total. The van der Waals surface area contributed by atoms with E-state index in [0.29, 0.717) is 17.4 Å². The quantitative estimate of drug-likeness (QED) is 0.910. The van der Waals surface area contributed by atoms with Gasteiger partial charge in [0.15, 0.2) is 5.82 Å². The second-order valence-electron chi connectivity index (χ2n) is 4.40. The highest BCUT2D eigenvalue weighted by Gasteiger charge is 2.13. The molecule has 0 atom stereocenters. The lowest BCUT2D eigenvalue weighted by Crippen LogP contribution is -2.18. The van der Waals surface area contributed by atoms with E-state index in [1.165, 1.54) is 12.1 Å². The van der Waals surface area contributed by atoms with E-state index in [1.807, 2.05) is 24.9 Å². The smallest absolute Gasteiger partial charge is 0.151 e. The molecule has 0 radical (unpaired) electrons. The maximum atomic E-state index is 13.0. The first-order chi connectivity index (χ1) is 9.65. The van der Waals surface area contributed by atoms with Crippen molar-refractivity contribution in [3.05, 3.63) is 52.9 Å². The molecule has 20 heavy (non-hydrogen) atoms. The van der Waals surface area contributed by atoms with Gasteiger partial charge in [-0.1, -0.05) is 11.6 Å². The van der Waals surface area contributed by atoms with Gasteiger partial charge in [-0.15, -0.1) is 0 Å². The van der Waals surface area contributed by atoms with Crippen LogP contribution in [0.25, 0.3) is 0 Å². The Morgan fingerprint density at radius 3 is 2.55 bits per heavy atom. The molecule has 0 saturated heterocycles. The van der Waals surface area contributed by atoms with E-state index in [9.17, 15) is 4.39 Å². The number of aromatic nitrogens is 1. The van der Waals surface area contributed by atoms with E-state index in [2.05, 4.69) is 10.3 Å². The maximum Gasteiger partial charge on any atom is 0.151 e. The fraction of sp³-hybridized carbons (Fsp3) is 0.267. The van der Waals surface area contributed by atoms with Crippen molar-refractivity contribution >= 4 is 23.1 Å². The molecule has 0 spiro atoms. The predicted octanol–water partition coefficient (Wildman–Crippen LogP) is 3.75. The zero-order valence-electron chi connectivity index (χ0n) is 11.5. The van der Waals surface area contributed by atoms with Crippen LogP contribution in [0.2, 0.25) is 5.02 Å². The summed E-state index contributed by atoms with van der Waals surface area (Å²) >= 11 is 6.31. The molecule has 2 rings (SSSR count). The Balaban J connectivity index is 2.34. The van der Waals surface area contributed by atoms with Crippen LogP contribution in [0.15, 0.2) is 36.5 Å². The van der Waals surface area contributed by atoms with Crippen LogP contribution in [0.1, 0.15) is 12.5 Å². The zero-order valence-corrected chi connectivity index (χ0v) is 12.3. The molecule has 3 nitrogen and oxygen atoms in total. The normalized spacial score (nSPS) is 10.6. The molecule has 1 heterocycles. The molecule has 0 aliphatic heterocycles. The van der Waals surface area contributed by atoms with Gasteiger partial charge < -0.3 is 10.2 Å². The van der Waals surface area contributed by atoms with Gasteiger partial charge in [-0.25, -0.2) is 9.37 Å². The predicted molar refractivity (Wildman–Crippen MR) is 81.1 cm³/mol. The summed E-state index contributed by atoms with van der Waals surface area (Å²) in [6, 6.07) is 8.20. The van der Waals surface area contributed by atoms with Crippen LogP contribution in [0, 0.1) is 5.82 Å². The van der Waals surface area contributed by atoms with Crippen molar-refractivity contribution in [2.24, 2.45) is 0 Å². The van der Waals surface area contributed by atoms with E-state index < -0.39 is 0 Å². The number of hydrogen-bond acceptors (Lipinski definition) is 3. The fourth-order valence-corrected chi connectivity index (χ4v) is 2.34. The van der Waals surface area contributed by atoms with Crippen molar-refractivity contribution < 1.29 is 4.39 Å². The van der Waals surface area contributed by atoms with E-state index in [-0.39, 0.29) is 5.82 Å². The number of hydrogen-bond donors (Lipinski definition) is 1. The number of nitrogens with zero attached hydrogens (tertiary/aromatic N) is 2. The molecule has 1 aromatic carbocycles. The lowest BCUT2D eigenvalue weighted by molar-refractivity contribution is 0.628. The molecule has 0 aliphatic carbocycles. The monoisotopic (exact) mass is 293 g/mol. The molecule has 5 heteroatoms. The fourth-order valence-electron chi connectivity index (χ4n) is 2.05. The molecule has 106 valence electrons. The Kier molecular flexibility index (Phi) is 4.93. The van der Waals surface area contributed by atoms with E-state index in [0.717, 1.165) is 17.8 Å². The summed E-state index contributed by atoms with van der Waals surface area (Å²) in [6.07, 6.45) is 1.80. The van der Waals surface area contributed by atoms with Gasteiger partial charge in [0.1, 0.15) is 5.82 Å². The van der Waals surface area contributed by atoms with Crippen molar-refractivity contribution in [3.63, 3.8) is 0 Å². The second-order valence-corrected chi connectivity index (χ2v) is 4.81. The van der Waals surface area contributed by atoms with Gasteiger partial charge >= 0.3 is 0 Å². The van der Waals surface area contributed by atoms with E-state index >= 15 is 0 Å². The number of pyridine rings is 1.